The second-order valence-electron chi connectivity index (χ2n) is 29.9. The van der Waals surface area contributed by atoms with Crippen molar-refractivity contribution >= 4 is 117 Å². The molecule has 24 nitrogen and oxygen atoms in total. The monoisotopic (exact) mass is 1540 g/mol. The number of benzene rings is 8. The van der Waals surface area contributed by atoms with Crippen LogP contribution in [0.4, 0.5) is 19.2 Å². The molecule has 0 aromatic heterocycles. The Bertz CT molecular complexity index is 4180. The van der Waals surface area contributed by atoms with Crippen molar-refractivity contribution in [2.24, 2.45) is 9.98 Å². The van der Waals surface area contributed by atoms with Crippen molar-refractivity contribution in [1.82, 2.24) is 31.9 Å². The van der Waals surface area contributed by atoms with Gasteiger partial charge >= 0.3 is 36.3 Å². The normalized spacial score (nSPS) is 11.8. The highest BCUT2D eigenvalue weighted by atomic mass is 32.1. The van der Waals surface area contributed by atoms with Gasteiger partial charge < -0.3 is 48.5 Å². The number of hydrogen-bond acceptors (Lipinski definition) is 18. The molecule has 0 bridgehead atoms. The lowest BCUT2D eigenvalue weighted by Gasteiger charge is -2.22. The third kappa shape index (κ3) is 30.4. The summed E-state index contributed by atoms with van der Waals surface area (Å²) in [5.74, 6) is -1.38. The molecule has 111 heavy (non-hydrogen) atoms. The van der Waals surface area contributed by atoms with Crippen LogP contribution in [-0.4, -0.2) is 121 Å². The van der Waals surface area contributed by atoms with Gasteiger partial charge in [0, 0.05) is 37.1 Å². The molecular weight excluding hydrogens is 1430 g/mol. The van der Waals surface area contributed by atoms with E-state index in [1.165, 1.54) is 0 Å². The van der Waals surface area contributed by atoms with Gasteiger partial charge in [0.15, 0.2) is 0 Å². The van der Waals surface area contributed by atoms with E-state index in [0.717, 1.165) is 65.3 Å². The molecule has 6 N–H and O–H groups in total. The lowest BCUT2D eigenvalue weighted by atomic mass is 9.92. The van der Waals surface area contributed by atoms with Crippen molar-refractivity contribution in [1.29, 1.82) is 0 Å². The number of hydrogen-bond donors (Lipinski definition) is 6. The van der Waals surface area contributed by atoms with E-state index in [1.54, 1.807) is 83.1 Å². The maximum absolute atomic E-state index is 14.1. The number of esters is 2. The Morgan fingerprint density at radius 1 is 0.360 bits per heavy atom. The van der Waals surface area contributed by atoms with Crippen LogP contribution < -0.4 is 41.4 Å². The second-order valence-corrected chi connectivity index (χ2v) is 29.9. The average molecular weight is 1550 g/mol. The molecule has 0 aliphatic carbocycles. The quantitative estimate of drug-likeness (QED) is 0.00834. The summed E-state index contributed by atoms with van der Waals surface area (Å²) in [4.78, 5) is 116. The predicted octanol–water partition coefficient (Wildman–Crippen LogP) is 17.3. The van der Waals surface area contributed by atoms with Crippen LogP contribution in [0.2, 0.25) is 0 Å². The molecule has 25 heteroatoms. The highest BCUT2D eigenvalue weighted by molar-refractivity contribution is 7.59. The molecule has 6 amide bonds. The largest absolute Gasteiger partial charge is 0.493 e. The lowest BCUT2D eigenvalue weighted by Crippen LogP contribution is -2.47. The first-order valence-electron chi connectivity index (χ1n) is 36.6. The van der Waals surface area contributed by atoms with Crippen molar-refractivity contribution in [2.45, 2.75) is 210 Å². The predicted molar refractivity (Wildman–Crippen MR) is 441 cm³/mol. The van der Waals surface area contributed by atoms with Crippen LogP contribution in [0.15, 0.2) is 168 Å². The summed E-state index contributed by atoms with van der Waals surface area (Å²) in [6, 6.07) is 48.5. The maximum Gasteiger partial charge on any atom is 0.414 e. The van der Waals surface area contributed by atoms with Crippen LogP contribution in [0.1, 0.15) is 173 Å². The third-order valence-corrected chi connectivity index (χ3v) is 16.2. The number of aliphatic imine (C=N–C) groups is 2. The number of unbranched alkanes of at least 4 members (excludes halogenated alkanes) is 2. The number of alkyl carbamates (subject to hydrolysis) is 4. The molecule has 0 spiro atoms. The fourth-order valence-corrected chi connectivity index (χ4v) is 11.6. The summed E-state index contributed by atoms with van der Waals surface area (Å²) in [5, 5.41) is 23.2. The molecule has 0 fully saturated rings. The number of guanidine groups is 2. The second kappa shape index (κ2) is 42.9. The van der Waals surface area contributed by atoms with E-state index in [4.69, 9.17) is 37.9 Å². The minimum Gasteiger partial charge on any atom is -0.493 e. The van der Waals surface area contributed by atoms with Gasteiger partial charge in [0.2, 0.25) is 23.7 Å². The van der Waals surface area contributed by atoms with Crippen molar-refractivity contribution in [3.8, 4) is 22.6 Å². The number of fused-ring (bicyclic) bond motifs is 4. The third-order valence-electron chi connectivity index (χ3n) is 16.2. The van der Waals surface area contributed by atoms with Gasteiger partial charge in [-0.25, -0.2) is 28.8 Å². The molecule has 8 rings (SSSR count). The van der Waals surface area contributed by atoms with E-state index < -0.39 is 82.6 Å². The number of nitrogens with zero attached hydrogens (tertiary/aromatic N) is 2. The molecule has 2 atom stereocenters. The van der Waals surface area contributed by atoms with Crippen LogP contribution in [0.3, 0.4) is 0 Å². The average Bonchev–Trinajstić information content (AvgIpc) is 0.754. The van der Waals surface area contributed by atoms with Gasteiger partial charge in [0.1, 0.15) is 59.2 Å². The fraction of sp³-hybridized carbons (Fsp3) is 0.419. The van der Waals surface area contributed by atoms with Crippen molar-refractivity contribution in [3.63, 3.8) is 0 Å². The van der Waals surface area contributed by atoms with Gasteiger partial charge in [-0.2, -0.15) is 13.5 Å². The first-order chi connectivity index (χ1) is 51.3. The molecule has 0 unspecified atom stereocenters. The van der Waals surface area contributed by atoms with Gasteiger partial charge in [-0.05, 0) is 201 Å². The zero-order chi connectivity index (χ0) is 78.0. The summed E-state index contributed by atoms with van der Waals surface area (Å²) in [5.41, 5.74) is -0.242. The smallest absolute Gasteiger partial charge is 0.414 e. The number of amides is 6. The van der Waals surface area contributed by atoms with Crippen molar-refractivity contribution < 1.29 is 76.3 Å². The molecule has 0 aliphatic rings. The van der Waals surface area contributed by atoms with E-state index in [1.807, 2.05) is 158 Å². The Morgan fingerprint density at radius 2 is 0.658 bits per heavy atom. The summed E-state index contributed by atoms with van der Waals surface area (Å²) in [6.45, 7) is 20.8. The summed E-state index contributed by atoms with van der Waals surface area (Å²) in [6.07, 6.45) is -1.01. The number of ether oxygens (including phenoxy) is 8. The van der Waals surface area contributed by atoms with Gasteiger partial charge in [-0.1, -0.05) is 160 Å². The molecular formula is C86H112N8O16S. The van der Waals surface area contributed by atoms with Gasteiger partial charge in [-0.3, -0.25) is 40.8 Å². The van der Waals surface area contributed by atoms with Crippen LogP contribution >= 0.6 is 13.5 Å². The van der Waals surface area contributed by atoms with Crippen molar-refractivity contribution in [3.05, 3.63) is 169 Å². The fourth-order valence-electron chi connectivity index (χ4n) is 11.6. The maximum atomic E-state index is 14.1. The number of carbonyl (C=O) groups is 8. The Kier molecular flexibility index (Phi) is 35.0. The van der Waals surface area contributed by atoms with Gasteiger partial charge in [-0.15, -0.1) is 0 Å². The molecule has 0 heterocycles. The number of nitrogens with one attached hydrogen (secondary N) is 6. The van der Waals surface area contributed by atoms with Crippen LogP contribution in [0, 0.1) is 0 Å². The Balaban J connectivity index is 0.00000735. The lowest BCUT2D eigenvalue weighted by molar-refractivity contribution is -0.149. The van der Waals surface area contributed by atoms with Crippen molar-refractivity contribution in [2.75, 3.05) is 26.3 Å². The molecule has 0 saturated carbocycles. The standard InChI is InChI=1S/C84H102N8O16.2CH4.H2S/c1-81(2,3)105-77(97)89-75(90-78(98)106-82(4,5)6)85-49-23-21-41-65(73(95)103-53-59-35-25-33-55-29-13-17-37-61(55)59)87-69(93)43-27-51-101-67-47-45-57-31-15-19-39-63(57)71(67)72-64-40-20-16-32-58(64)46-48-68(72)102-52-28-44-70(94)88-66(74(96)104-54-60-36-26-34-56-30-14-18-38-62(56)60)42-22-24-50-86-76(91-79(99)107-83(7,8)9)92-80(100)108-84(10,11)12;;;/h13-20,25-26,29-40,45-48,65-66H,21-24,27-28,41-44,49-54H2,1-12H3,(H,87,93)(H,88,94)(H2,85,89,90,97,98)(H2,86,91,92,99,100);2*1H4;1H2/t65-,66-;;;/m1.../s1. The molecule has 8 aromatic carbocycles. The van der Waals surface area contributed by atoms with Crippen LogP contribution in [0.25, 0.3) is 54.2 Å². The SMILES string of the molecule is C.C.CC(C)(C)OC(=O)NC(=NCCCC[C@@H](NC(=O)CCCOc1ccc2ccccc2c1-c1c(OCCCC(=O)N[C@H](CCCCN=C(NC(=O)OC(C)(C)C)NC(=O)OC(C)(C)C)C(=O)OCc2cccc3ccccc23)ccc2ccccc12)C(=O)OCc1cccc2ccccc12)NC(=O)OC(C)(C)C.S. The summed E-state index contributed by atoms with van der Waals surface area (Å²) in [7, 11) is 0. The van der Waals surface area contributed by atoms with Gasteiger partial charge in [0.25, 0.3) is 0 Å². The zero-order valence-corrected chi connectivity index (χ0v) is 65.4. The summed E-state index contributed by atoms with van der Waals surface area (Å²) >= 11 is 0. The molecule has 0 aliphatic heterocycles. The minimum atomic E-state index is -1.05. The van der Waals surface area contributed by atoms with E-state index in [2.05, 4.69) is 41.9 Å². The molecule has 8 aromatic rings. The van der Waals surface area contributed by atoms with E-state index in [9.17, 15) is 38.4 Å². The highest BCUT2D eigenvalue weighted by Crippen LogP contribution is 2.46. The first kappa shape index (κ1) is 90.7. The van der Waals surface area contributed by atoms with Gasteiger partial charge in [0.05, 0.1) is 13.2 Å². The zero-order valence-electron chi connectivity index (χ0n) is 64.4. The topological polar surface area (TPSA) is 307 Å². The minimum absolute atomic E-state index is 0. The number of carbonyl (C=O) groups excluding carboxylic acids is 8. The molecule has 0 radical (unpaired) electrons. The van der Waals surface area contributed by atoms with E-state index in [0.29, 0.717) is 37.2 Å². The highest BCUT2D eigenvalue weighted by Gasteiger charge is 2.28. The molecule has 598 valence electrons. The first-order valence-corrected chi connectivity index (χ1v) is 36.6. The Morgan fingerprint density at radius 3 is 0.982 bits per heavy atom. The van der Waals surface area contributed by atoms with Crippen LogP contribution in [0.5, 0.6) is 11.5 Å². The van der Waals surface area contributed by atoms with Crippen LogP contribution in [-0.2, 0) is 60.8 Å². The summed E-state index contributed by atoms with van der Waals surface area (Å²) < 4.78 is 46.8. The van der Waals surface area contributed by atoms with E-state index in [-0.39, 0.29) is 118 Å². The Labute approximate surface area is 659 Å². The number of rotatable bonds is 29. The molecule has 0 saturated heterocycles. The van der Waals surface area contributed by atoms with E-state index >= 15 is 0 Å². The Hall–Kier alpha value is -11.0.